The lowest BCUT2D eigenvalue weighted by Gasteiger charge is -2.19. The van der Waals surface area contributed by atoms with Gasteiger partial charge in [0.05, 0.1) is 15.5 Å². The Hall–Kier alpha value is -1.13. The molecular weight excluding hydrogens is 310 g/mol. The molecule has 0 aromatic heterocycles. The standard InChI is InChI=1S/C14H20ClN3O2S/c1-3-8-18(4-2)9-7-17-21(19,20)13-6-5-12(11-16)14(15)10-13/h5-6,10,17H,3-4,7-9H2,1-2H3. The summed E-state index contributed by atoms with van der Waals surface area (Å²) in [6.07, 6.45) is 1.03. The third-order valence-electron chi connectivity index (χ3n) is 3.08. The summed E-state index contributed by atoms with van der Waals surface area (Å²) < 4.78 is 26.8. The number of benzene rings is 1. The fraction of sp³-hybridized carbons (Fsp3) is 0.500. The molecule has 1 N–H and O–H groups in total. The van der Waals surface area contributed by atoms with Gasteiger partial charge in [-0.2, -0.15) is 5.26 Å². The Bertz CT molecular complexity index is 611. The van der Waals surface area contributed by atoms with Crippen molar-refractivity contribution in [2.75, 3.05) is 26.2 Å². The predicted molar refractivity (Wildman–Crippen MR) is 83.8 cm³/mol. The largest absolute Gasteiger partial charge is 0.302 e. The Labute approximate surface area is 131 Å². The molecule has 0 amide bonds. The molecule has 0 fully saturated rings. The van der Waals surface area contributed by atoms with Gasteiger partial charge in [-0.15, -0.1) is 0 Å². The van der Waals surface area contributed by atoms with Crippen molar-refractivity contribution in [3.05, 3.63) is 28.8 Å². The smallest absolute Gasteiger partial charge is 0.240 e. The molecule has 0 spiro atoms. The summed E-state index contributed by atoms with van der Waals surface area (Å²) in [6, 6.07) is 5.99. The summed E-state index contributed by atoms with van der Waals surface area (Å²) in [7, 11) is -3.60. The van der Waals surface area contributed by atoms with Crippen LogP contribution in [0.4, 0.5) is 0 Å². The van der Waals surface area contributed by atoms with E-state index < -0.39 is 10.0 Å². The van der Waals surface area contributed by atoms with Crippen LogP contribution in [0.15, 0.2) is 23.1 Å². The number of nitrogens with one attached hydrogen (secondary N) is 1. The van der Waals surface area contributed by atoms with Gasteiger partial charge in [-0.25, -0.2) is 13.1 Å². The first kappa shape index (κ1) is 17.9. The molecule has 5 nitrogen and oxygen atoms in total. The molecule has 1 rings (SSSR count). The van der Waals surface area contributed by atoms with Gasteiger partial charge in [-0.05, 0) is 37.7 Å². The van der Waals surface area contributed by atoms with Gasteiger partial charge >= 0.3 is 0 Å². The molecule has 1 aromatic rings. The number of nitriles is 1. The molecule has 0 unspecified atom stereocenters. The zero-order chi connectivity index (χ0) is 15.9. The van der Waals surface area contributed by atoms with Crippen molar-refractivity contribution >= 4 is 21.6 Å². The molecule has 0 aliphatic rings. The summed E-state index contributed by atoms with van der Waals surface area (Å²) in [4.78, 5) is 2.25. The number of hydrogen-bond donors (Lipinski definition) is 1. The summed E-state index contributed by atoms with van der Waals surface area (Å²) >= 11 is 5.86. The number of rotatable bonds is 8. The lowest BCUT2D eigenvalue weighted by molar-refractivity contribution is 0.293. The van der Waals surface area contributed by atoms with E-state index in [9.17, 15) is 8.42 Å². The van der Waals surface area contributed by atoms with Crippen LogP contribution in [-0.2, 0) is 10.0 Å². The Kier molecular flexibility index (Phi) is 7.12. The summed E-state index contributed by atoms with van der Waals surface area (Å²) in [5, 5.41) is 8.93. The molecule has 0 saturated heterocycles. The third-order valence-corrected chi connectivity index (χ3v) is 4.85. The van der Waals surface area contributed by atoms with E-state index in [0.29, 0.717) is 13.1 Å². The Morgan fingerprint density at radius 1 is 1.33 bits per heavy atom. The van der Waals surface area contributed by atoms with Gasteiger partial charge in [0, 0.05) is 13.1 Å². The van der Waals surface area contributed by atoms with Crippen molar-refractivity contribution in [2.45, 2.75) is 25.2 Å². The van der Waals surface area contributed by atoms with E-state index in [0.717, 1.165) is 19.5 Å². The van der Waals surface area contributed by atoms with Crippen LogP contribution >= 0.6 is 11.6 Å². The fourth-order valence-corrected chi connectivity index (χ4v) is 3.25. The van der Waals surface area contributed by atoms with Crippen LogP contribution in [0.2, 0.25) is 5.02 Å². The van der Waals surface area contributed by atoms with Crippen LogP contribution in [0.3, 0.4) is 0 Å². The van der Waals surface area contributed by atoms with E-state index >= 15 is 0 Å². The van der Waals surface area contributed by atoms with Crippen LogP contribution in [0.1, 0.15) is 25.8 Å². The van der Waals surface area contributed by atoms with Crippen molar-refractivity contribution in [3.63, 3.8) is 0 Å². The second-order valence-electron chi connectivity index (χ2n) is 4.59. The Balaban J connectivity index is 2.70. The van der Waals surface area contributed by atoms with E-state index in [-0.39, 0.29) is 15.5 Å². The van der Waals surface area contributed by atoms with Crippen LogP contribution in [-0.4, -0.2) is 39.5 Å². The lowest BCUT2D eigenvalue weighted by Crippen LogP contribution is -2.35. The van der Waals surface area contributed by atoms with Crippen molar-refractivity contribution in [2.24, 2.45) is 0 Å². The minimum absolute atomic E-state index is 0.0741. The van der Waals surface area contributed by atoms with Crippen LogP contribution in [0.5, 0.6) is 0 Å². The molecule has 0 radical (unpaired) electrons. The number of halogens is 1. The molecule has 0 aliphatic heterocycles. The van der Waals surface area contributed by atoms with Gasteiger partial charge in [-0.3, -0.25) is 0 Å². The Morgan fingerprint density at radius 2 is 2.05 bits per heavy atom. The monoisotopic (exact) mass is 329 g/mol. The van der Waals surface area contributed by atoms with Crippen molar-refractivity contribution in [1.29, 1.82) is 5.26 Å². The quantitative estimate of drug-likeness (QED) is 0.793. The van der Waals surface area contributed by atoms with Gasteiger partial charge in [0.1, 0.15) is 6.07 Å². The highest BCUT2D eigenvalue weighted by molar-refractivity contribution is 7.89. The molecule has 7 heteroatoms. The lowest BCUT2D eigenvalue weighted by atomic mass is 10.2. The molecule has 116 valence electrons. The normalized spacial score (nSPS) is 11.6. The van der Waals surface area contributed by atoms with Crippen molar-refractivity contribution < 1.29 is 8.42 Å². The molecule has 0 atom stereocenters. The van der Waals surface area contributed by atoms with Crippen molar-refractivity contribution in [3.8, 4) is 6.07 Å². The number of nitrogens with zero attached hydrogens (tertiary/aromatic N) is 2. The average Bonchev–Trinajstić information content (AvgIpc) is 2.46. The van der Waals surface area contributed by atoms with Gasteiger partial charge in [0.25, 0.3) is 0 Å². The minimum atomic E-state index is -3.60. The van der Waals surface area contributed by atoms with Gasteiger partial charge < -0.3 is 4.90 Å². The van der Waals surface area contributed by atoms with E-state index in [2.05, 4.69) is 16.5 Å². The zero-order valence-electron chi connectivity index (χ0n) is 12.3. The zero-order valence-corrected chi connectivity index (χ0v) is 13.8. The highest BCUT2D eigenvalue weighted by Crippen LogP contribution is 2.19. The molecular formula is C14H20ClN3O2S. The highest BCUT2D eigenvalue weighted by Gasteiger charge is 2.15. The molecule has 21 heavy (non-hydrogen) atoms. The third kappa shape index (κ3) is 5.29. The maximum Gasteiger partial charge on any atom is 0.240 e. The van der Waals surface area contributed by atoms with E-state index in [4.69, 9.17) is 16.9 Å². The SMILES string of the molecule is CCCN(CC)CCNS(=O)(=O)c1ccc(C#N)c(Cl)c1. The van der Waals surface area contributed by atoms with E-state index in [1.54, 1.807) is 0 Å². The Morgan fingerprint density at radius 3 is 2.57 bits per heavy atom. The molecule has 0 bridgehead atoms. The molecule has 1 aromatic carbocycles. The molecule has 0 heterocycles. The average molecular weight is 330 g/mol. The van der Waals surface area contributed by atoms with Crippen molar-refractivity contribution in [1.82, 2.24) is 9.62 Å². The fourth-order valence-electron chi connectivity index (χ4n) is 1.92. The summed E-state index contributed by atoms with van der Waals surface area (Å²) in [5.41, 5.74) is 0.260. The second-order valence-corrected chi connectivity index (χ2v) is 6.76. The maximum absolute atomic E-state index is 12.1. The first-order valence-electron chi connectivity index (χ1n) is 6.86. The van der Waals surface area contributed by atoms with Crippen LogP contribution < -0.4 is 4.72 Å². The van der Waals surface area contributed by atoms with Crippen LogP contribution in [0.25, 0.3) is 0 Å². The topological polar surface area (TPSA) is 73.2 Å². The second kappa shape index (κ2) is 8.35. The number of sulfonamides is 1. The van der Waals surface area contributed by atoms with Gasteiger partial charge in [0.2, 0.25) is 10.0 Å². The summed E-state index contributed by atoms with van der Waals surface area (Å²) in [5.74, 6) is 0. The minimum Gasteiger partial charge on any atom is -0.302 e. The van der Waals surface area contributed by atoms with Gasteiger partial charge in [0.15, 0.2) is 0 Å². The predicted octanol–water partition coefficient (Wildman–Crippen LogP) is 2.22. The first-order valence-corrected chi connectivity index (χ1v) is 8.72. The van der Waals surface area contributed by atoms with E-state index in [1.807, 2.05) is 13.0 Å². The molecule has 0 aliphatic carbocycles. The molecule has 0 saturated carbocycles. The number of likely N-dealkylation sites (N-methyl/N-ethyl adjacent to an activating group) is 1. The highest BCUT2D eigenvalue weighted by atomic mass is 35.5. The number of hydrogen-bond acceptors (Lipinski definition) is 4. The van der Waals surface area contributed by atoms with Crippen LogP contribution in [0, 0.1) is 11.3 Å². The first-order chi connectivity index (χ1) is 9.94. The van der Waals surface area contributed by atoms with E-state index in [1.165, 1.54) is 18.2 Å². The summed E-state index contributed by atoms with van der Waals surface area (Å²) in [6.45, 7) is 6.97. The maximum atomic E-state index is 12.1. The van der Waals surface area contributed by atoms with Gasteiger partial charge in [-0.1, -0.05) is 25.4 Å².